The van der Waals surface area contributed by atoms with Gasteiger partial charge in [0.25, 0.3) is 0 Å². The number of nitrogens with zero attached hydrogens (tertiary/aromatic N) is 1. The van der Waals surface area contributed by atoms with E-state index in [-0.39, 0.29) is 41.6 Å². The molecule has 1 amide bonds. The van der Waals surface area contributed by atoms with Crippen LogP contribution < -0.4 is 5.32 Å². The molecular formula is C13H14Cl2N2O4S. The van der Waals surface area contributed by atoms with Gasteiger partial charge in [-0.1, -0.05) is 23.2 Å². The van der Waals surface area contributed by atoms with Crippen molar-refractivity contribution in [2.24, 2.45) is 5.92 Å². The first-order valence-electron chi connectivity index (χ1n) is 6.71. The van der Waals surface area contributed by atoms with Crippen molar-refractivity contribution in [2.75, 3.05) is 26.3 Å². The van der Waals surface area contributed by atoms with E-state index in [9.17, 15) is 13.2 Å². The van der Waals surface area contributed by atoms with Gasteiger partial charge in [0, 0.05) is 13.1 Å². The molecule has 0 aromatic heterocycles. The smallest absolute Gasteiger partial charge is 0.243 e. The van der Waals surface area contributed by atoms with E-state index in [2.05, 4.69) is 5.32 Å². The zero-order chi connectivity index (χ0) is 15.9. The van der Waals surface area contributed by atoms with Crippen LogP contribution in [0.15, 0.2) is 23.1 Å². The van der Waals surface area contributed by atoms with Crippen LogP contribution in [0.25, 0.3) is 0 Å². The Labute approximate surface area is 138 Å². The molecule has 1 aromatic rings. The van der Waals surface area contributed by atoms with Crippen molar-refractivity contribution in [1.29, 1.82) is 0 Å². The highest BCUT2D eigenvalue weighted by Gasteiger charge is 2.38. The van der Waals surface area contributed by atoms with Gasteiger partial charge in [-0.2, -0.15) is 4.31 Å². The highest BCUT2D eigenvalue weighted by Crippen LogP contribution is 2.28. The van der Waals surface area contributed by atoms with Crippen LogP contribution in [0.5, 0.6) is 0 Å². The largest absolute Gasteiger partial charge is 0.378 e. The SMILES string of the molecule is O=C1N[C@@H]2COC[C@H]1CN(S(=O)(=O)c1ccc(Cl)c(Cl)c1)C2. The standard InChI is InChI=1S/C13H14Cl2N2O4S/c14-11-2-1-10(3-12(11)15)22(19,20)17-4-8-6-21-7-9(5-17)16-13(8)18/h1-3,8-9H,4-7H2,(H,16,18)/t8-,9+/m1/s1. The van der Waals surface area contributed by atoms with Crippen molar-refractivity contribution in [2.45, 2.75) is 10.9 Å². The summed E-state index contributed by atoms with van der Waals surface area (Å²) in [6.45, 7) is 0.779. The Bertz CT molecular complexity index is 710. The highest BCUT2D eigenvalue weighted by molar-refractivity contribution is 7.89. The van der Waals surface area contributed by atoms with Gasteiger partial charge in [-0.05, 0) is 18.2 Å². The first kappa shape index (κ1) is 16.0. The number of benzene rings is 1. The zero-order valence-corrected chi connectivity index (χ0v) is 13.8. The van der Waals surface area contributed by atoms with Crippen molar-refractivity contribution in [3.05, 3.63) is 28.2 Å². The predicted octanol–water partition coefficient (Wildman–Crippen LogP) is 1.13. The summed E-state index contributed by atoms with van der Waals surface area (Å²) >= 11 is 11.7. The third-order valence-electron chi connectivity index (χ3n) is 3.73. The van der Waals surface area contributed by atoms with Gasteiger partial charge in [-0.3, -0.25) is 4.79 Å². The second-order valence-corrected chi connectivity index (χ2v) is 8.09. The number of fused-ring (bicyclic) bond motifs is 3. The van der Waals surface area contributed by atoms with Crippen LogP contribution in [0, 0.1) is 5.92 Å². The molecule has 0 radical (unpaired) electrons. The van der Waals surface area contributed by atoms with Crippen LogP contribution in [0.2, 0.25) is 10.0 Å². The Hall–Kier alpha value is -0.860. The minimum absolute atomic E-state index is 0.0650. The monoisotopic (exact) mass is 364 g/mol. The molecular weight excluding hydrogens is 351 g/mol. The average Bonchev–Trinajstić information content (AvgIpc) is 2.70. The number of hydrogen-bond donors (Lipinski definition) is 1. The molecule has 2 atom stereocenters. The molecule has 2 fully saturated rings. The molecule has 0 spiro atoms. The van der Waals surface area contributed by atoms with Gasteiger partial charge in [-0.25, -0.2) is 8.42 Å². The van der Waals surface area contributed by atoms with Crippen LogP contribution in [-0.4, -0.2) is 51.0 Å². The van der Waals surface area contributed by atoms with Crippen LogP contribution >= 0.6 is 23.2 Å². The topological polar surface area (TPSA) is 75.7 Å². The lowest BCUT2D eigenvalue weighted by Gasteiger charge is -2.27. The number of halogens is 2. The van der Waals surface area contributed by atoms with Gasteiger partial charge in [0.05, 0.1) is 40.1 Å². The molecule has 6 nitrogen and oxygen atoms in total. The predicted molar refractivity (Wildman–Crippen MR) is 81.5 cm³/mol. The van der Waals surface area contributed by atoms with Gasteiger partial charge in [0.2, 0.25) is 15.9 Å². The van der Waals surface area contributed by atoms with Gasteiger partial charge in [0.1, 0.15) is 0 Å². The van der Waals surface area contributed by atoms with E-state index in [1.54, 1.807) is 0 Å². The molecule has 0 aliphatic carbocycles. The lowest BCUT2D eigenvalue weighted by molar-refractivity contribution is -0.125. The van der Waals surface area contributed by atoms with Gasteiger partial charge < -0.3 is 10.1 Å². The fraction of sp³-hybridized carbons (Fsp3) is 0.462. The van der Waals surface area contributed by atoms with E-state index in [1.807, 2.05) is 0 Å². The molecule has 2 saturated heterocycles. The average molecular weight is 365 g/mol. The van der Waals surface area contributed by atoms with E-state index < -0.39 is 15.9 Å². The molecule has 2 aliphatic rings. The number of amides is 1. The number of carbonyl (C=O) groups is 1. The van der Waals surface area contributed by atoms with Crippen LogP contribution in [0.4, 0.5) is 0 Å². The fourth-order valence-electron chi connectivity index (χ4n) is 2.57. The first-order chi connectivity index (χ1) is 10.4. The molecule has 120 valence electrons. The molecule has 0 unspecified atom stereocenters. The molecule has 3 rings (SSSR count). The molecule has 1 aromatic carbocycles. The zero-order valence-electron chi connectivity index (χ0n) is 11.5. The Morgan fingerprint density at radius 2 is 1.95 bits per heavy atom. The molecule has 0 saturated carbocycles. The maximum absolute atomic E-state index is 12.8. The van der Waals surface area contributed by atoms with Crippen LogP contribution in [0.1, 0.15) is 0 Å². The van der Waals surface area contributed by atoms with E-state index in [0.29, 0.717) is 11.6 Å². The van der Waals surface area contributed by atoms with Crippen molar-refractivity contribution in [1.82, 2.24) is 9.62 Å². The fourth-order valence-corrected chi connectivity index (χ4v) is 4.49. The highest BCUT2D eigenvalue weighted by atomic mass is 35.5. The molecule has 1 N–H and O–H groups in total. The Kier molecular flexibility index (Phi) is 4.35. The maximum Gasteiger partial charge on any atom is 0.243 e. The second kappa shape index (κ2) is 5.98. The lowest BCUT2D eigenvalue weighted by atomic mass is 10.1. The van der Waals surface area contributed by atoms with Crippen molar-refractivity contribution in [3.63, 3.8) is 0 Å². The summed E-state index contributed by atoms with van der Waals surface area (Å²) in [4.78, 5) is 12.0. The minimum Gasteiger partial charge on any atom is -0.378 e. The minimum atomic E-state index is -3.75. The quantitative estimate of drug-likeness (QED) is 0.853. The normalized spacial score (nSPS) is 26.4. The summed E-state index contributed by atoms with van der Waals surface area (Å²) in [6.07, 6.45) is 0. The second-order valence-electron chi connectivity index (χ2n) is 5.34. The van der Waals surface area contributed by atoms with Crippen molar-refractivity contribution < 1.29 is 17.9 Å². The summed E-state index contributed by atoms with van der Waals surface area (Å²) in [5.74, 6) is -0.681. The Morgan fingerprint density at radius 1 is 1.18 bits per heavy atom. The van der Waals surface area contributed by atoms with Crippen molar-refractivity contribution in [3.8, 4) is 0 Å². The molecule has 22 heavy (non-hydrogen) atoms. The number of nitrogens with one attached hydrogen (secondary N) is 1. The number of hydrogen-bond acceptors (Lipinski definition) is 4. The first-order valence-corrected chi connectivity index (χ1v) is 8.91. The molecule has 2 heterocycles. The number of rotatable bonds is 2. The van der Waals surface area contributed by atoms with Crippen LogP contribution in [-0.2, 0) is 19.6 Å². The molecule has 2 bridgehead atoms. The Balaban J connectivity index is 1.94. The van der Waals surface area contributed by atoms with E-state index >= 15 is 0 Å². The van der Waals surface area contributed by atoms with E-state index in [0.717, 1.165) is 0 Å². The van der Waals surface area contributed by atoms with E-state index in [4.69, 9.17) is 27.9 Å². The summed E-state index contributed by atoms with van der Waals surface area (Å²) in [6, 6.07) is 3.83. The summed E-state index contributed by atoms with van der Waals surface area (Å²) in [7, 11) is -3.75. The van der Waals surface area contributed by atoms with Crippen LogP contribution in [0.3, 0.4) is 0 Å². The molecule has 9 heteroatoms. The van der Waals surface area contributed by atoms with E-state index in [1.165, 1.54) is 22.5 Å². The third-order valence-corrected chi connectivity index (χ3v) is 6.30. The summed E-state index contributed by atoms with van der Waals surface area (Å²) in [5, 5.41) is 3.26. The molecule has 2 aliphatic heterocycles. The number of carbonyl (C=O) groups excluding carboxylic acids is 1. The number of sulfonamides is 1. The summed E-state index contributed by atoms with van der Waals surface area (Å²) < 4.78 is 32.3. The lowest BCUT2D eigenvalue weighted by Crippen LogP contribution is -2.44. The van der Waals surface area contributed by atoms with Gasteiger partial charge >= 0.3 is 0 Å². The number of ether oxygens (including phenoxy) is 1. The third kappa shape index (κ3) is 2.96. The van der Waals surface area contributed by atoms with Crippen molar-refractivity contribution >= 4 is 39.1 Å². The summed E-state index contributed by atoms with van der Waals surface area (Å²) in [5.41, 5.74) is 0. The van der Waals surface area contributed by atoms with Gasteiger partial charge in [-0.15, -0.1) is 0 Å². The Morgan fingerprint density at radius 3 is 2.68 bits per heavy atom. The maximum atomic E-state index is 12.8. The van der Waals surface area contributed by atoms with Gasteiger partial charge in [0.15, 0.2) is 0 Å².